The van der Waals surface area contributed by atoms with Crippen molar-refractivity contribution in [1.82, 2.24) is 5.32 Å². The van der Waals surface area contributed by atoms with E-state index in [9.17, 15) is 4.79 Å². The highest BCUT2D eigenvalue weighted by molar-refractivity contribution is 5.94. The molecule has 1 aliphatic heterocycles. The number of carbonyl (C=O) groups excluding carboxylic acids is 1. The molecule has 110 valence electrons. The van der Waals surface area contributed by atoms with Crippen LogP contribution in [0.15, 0.2) is 24.3 Å². The normalized spacial score (nSPS) is 17.7. The molecule has 0 aromatic heterocycles. The standard InChI is InChI=1S/C16H24N2O2/c1-12(14-7-10-20-11-8-14)18-16(19)15-4-2-13(3-5-15)6-9-17/h2-5,12,14H,6-11,17H2,1H3,(H,18,19). The van der Waals surface area contributed by atoms with E-state index in [0.29, 0.717) is 18.0 Å². The number of rotatable bonds is 5. The Balaban J connectivity index is 1.89. The van der Waals surface area contributed by atoms with Crippen LogP contribution in [-0.4, -0.2) is 31.7 Å². The molecule has 1 saturated heterocycles. The van der Waals surface area contributed by atoms with E-state index in [-0.39, 0.29) is 11.9 Å². The van der Waals surface area contributed by atoms with Gasteiger partial charge in [0.05, 0.1) is 0 Å². The van der Waals surface area contributed by atoms with Gasteiger partial charge in [-0.2, -0.15) is 0 Å². The second-order valence-electron chi connectivity index (χ2n) is 5.45. The lowest BCUT2D eigenvalue weighted by Crippen LogP contribution is -2.40. The third-order valence-corrected chi connectivity index (χ3v) is 3.98. The maximum Gasteiger partial charge on any atom is 0.251 e. The van der Waals surface area contributed by atoms with Gasteiger partial charge in [0.25, 0.3) is 5.91 Å². The maximum absolute atomic E-state index is 12.2. The van der Waals surface area contributed by atoms with Crippen molar-refractivity contribution in [3.05, 3.63) is 35.4 Å². The van der Waals surface area contributed by atoms with Crippen LogP contribution in [0.25, 0.3) is 0 Å². The number of nitrogens with one attached hydrogen (secondary N) is 1. The number of ether oxygens (including phenoxy) is 1. The molecule has 1 aliphatic rings. The Hall–Kier alpha value is -1.39. The Morgan fingerprint density at radius 1 is 1.35 bits per heavy atom. The van der Waals surface area contributed by atoms with Crippen LogP contribution < -0.4 is 11.1 Å². The fourth-order valence-electron chi connectivity index (χ4n) is 2.61. The van der Waals surface area contributed by atoms with Crippen LogP contribution in [0.5, 0.6) is 0 Å². The molecule has 3 N–H and O–H groups in total. The van der Waals surface area contributed by atoms with Gasteiger partial charge < -0.3 is 15.8 Å². The molecule has 1 aromatic carbocycles. The van der Waals surface area contributed by atoms with Crippen LogP contribution in [0.3, 0.4) is 0 Å². The molecule has 1 heterocycles. The average molecular weight is 276 g/mol. The number of hydrogen-bond acceptors (Lipinski definition) is 3. The third kappa shape index (κ3) is 4.05. The zero-order valence-corrected chi connectivity index (χ0v) is 12.1. The fraction of sp³-hybridized carbons (Fsp3) is 0.562. The summed E-state index contributed by atoms with van der Waals surface area (Å²) in [7, 11) is 0. The van der Waals surface area contributed by atoms with Gasteiger partial charge in [0.1, 0.15) is 0 Å². The van der Waals surface area contributed by atoms with E-state index < -0.39 is 0 Å². The van der Waals surface area contributed by atoms with E-state index in [2.05, 4.69) is 12.2 Å². The number of carbonyl (C=O) groups is 1. The van der Waals surface area contributed by atoms with Gasteiger partial charge in [-0.15, -0.1) is 0 Å². The first-order valence-electron chi connectivity index (χ1n) is 7.38. The van der Waals surface area contributed by atoms with Crippen molar-refractivity contribution in [2.24, 2.45) is 11.7 Å². The topological polar surface area (TPSA) is 64.4 Å². The van der Waals surface area contributed by atoms with E-state index in [0.717, 1.165) is 32.5 Å². The quantitative estimate of drug-likeness (QED) is 0.861. The van der Waals surface area contributed by atoms with E-state index >= 15 is 0 Å². The minimum atomic E-state index is 0.00305. The van der Waals surface area contributed by atoms with Gasteiger partial charge in [-0.25, -0.2) is 0 Å². The third-order valence-electron chi connectivity index (χ3n) is 3.98. The first kappa shape index (κ1) is 15.0. The molecule has 1 atom stereocenters. The summed E-state index contributed by atoms with van der Waals surface area (Å²) in [5, 5.41) is 3.10. The van der Waals surface area contributed by atoms with Crippen molar-refractivity contribution in [2.75, 3.05) is 19.8 Å². The summed E-state index contributed by atoms with van der Waals surface area (Å²) in [5.74, 6) is 0.521. The number of amides is 1. The van der Waals surface area contributed by atoms with Crippen molar-refractivity contribution in [3.8, 4) is 0 Å². The Bertz CT molecular complexity index is 425. The highest BCUT2D eigenvalue weighted by Crippen LogP contribution is 2.18. The van der Waals surface area contributed by atoms with Crippen LogP contribution in [-0.2, 0) is 11.2 Å². The van der Waals surface area contributed by atoms with Gasteiger partial charge in [-0.3, -0.25) is 4.79 Å². The fourth-order valence-corrected chi connectivity index (χ4v) is 2.61. The van der Waals surface area contributed by atoms with Crippen molar-refractivity contribution < 1.29 is 9.53 Å². The largest absolute Gasteiger partial charge is 0.381 e. The summed E-state index contributed by atoms with van der Waals surface area (Å²) < 4.78 is 5.35. The second-order valence-corrected chi connectivity index (χ2v) is 5.45. The molecule has 4 nitrogen and oxygen atoms in total. The molecule has 0 radical (unpaired) electrons. The predicted molar refractivity (Wildman–Crippen MR) is 79.7 cm³/mol. The molecule has 1 unspecified atom stereocenters. The zero-order chi connectivity index (χ0) is 14.4. The van der Waals surface area contributed by atoms with Crippen molar-refractivity contribution >= 4 is 5.91 Å². The Morgan fingerprint density at radius 3 is 2.60 bits per heavy atom. The van der Waals surface area contributed by atoms with Crippen LogP contribution in [0.2, 0.25) is 0 Å². The smallest absolute Gasteiger partial charge is 0.251 e. The van der Waals surface area contributed by atoms with E-state index in [1.807, 2.05) is 24.3 Å². The molecule has 4 heteroatoms. The molecular formula is C16H24N2O2. The van der Waals surface area contributed by atoms with Gasteiger partial charge in [0.15, 0.2) is 0 Å². The lowest BCUT2D eigenvalue weighted by molar-refractivity contribution is 0.0538. The molecule has 20 heavy (non-hydrogen) atoms. The summed E-state index contributed by atoms with van der Waals surface area (Å²) in [4.78, 5) is 12.2. The number of hydrogen-bond donors (Lipinski definition) is 2. The van der Waals surface area contributed by atoms with Crippen LogP contribution in [0.4, 0.5) is 0 Å². The number of benzene rings is 1. The van der Waals surface area contributed by atoms with Crippen LogP contribution in [0.1, 0.15) is 35.7 Å². The lowest BCUT2D eigenvalue weighted by Gasteiger charge is -2.28. The SMILES string of the molecule is CC(NC(=O)c1ccc(CCN)cc1)C1CCOCC1. The predicted octanol–water partition coefficient (Wildman–Crippen LogP) is 1.73. The highest BCUT2D eigenvalue weighted by Gasteiger charge is 2.22. The minimum Gasteiger partial charge on any atom is -0.381 e. The molecular weight excluding hydrogens is 252 g/mol. The van der Waals surface area contributed by atoms with Gasteiger partial charge in [-0.1, -0.05) is 12.1 Å². The summed E-state index contributed by atoms with van der Waals surface area (Å²) in [6, 6.07) is 7.88. The average Bonchev–Trinajstić information content (AvgIpc) is 2.49. The molecule has 2 rings (SSSR count). The molecule has 0 bridgehead atoms. The van der Waals surface area contributed by atoms with Gasteiger partial charge in [-0.05, 0) is 56.3 Å². The summed E-state index contributed by atoms with van der Waals surface area (Å²) in [6.07, 6.45) is 2.90. The van der Waals surface area contributed by atoms with E-state index in [4.69, 9.17) is 10.5 Å². The number of nitrogens with two attached hydrogens (primary N) is 1. The van der Waals surface area contributed by atoms with Crippen LogP contribution >= 0.6 is 0 Å². The minimum absolute atomic E-state index is 0.00305. The summed E-state index contributed by atoms with van der Waals surface area (Å²) >= 11 is 0. The Labute approximate surface area is 120 Å². The van der Waals surface area contributed by atoms with Crippen molar-refractivity contribution in [1.29, 1.82) is 0 Å². The molecule has 1 aromatic rings. The van der Waals surface area contributed by atoms with E-state index in [1.54, 1.807) is 0 Å². The monoisotopic (exact) mass is 276 g/mol. The molecule has 1 fully saturated rings. The molecule has 0 aliphatic carbocycles. The van der Waals surface area contributed by atoms with Crippen LogP contribution in [0, 0.1) is 5.92 Å². The van der Waals surface area contributed by atoms with Gasteiger partial charge >= 0.3 is 0 Å². The first-order valence-corrected chi connectivity index (χ1v) is 7.38. The molecule has 1 amide bonds. The maximum atomic E-state index is 12.2. The van der Waals surface area contributed by atoms with Gasteiger partial charge in [0, 0.05) is 24.8 Å². The summed E-state index contributed by atoms with van der Waals surface area (Å²) in [6.45, 7) is 4.32. The Morgan fingerprint density at radius 2 is 2.00 bits per heavy atom. The first-order chi connectivity index (χ1) is 9.70. The van der Waals surface area contributed by atoms with Gasteiger partial charge in [0.2, 0.25) is 0 Å². The van der Waals surface area contributed by atoms with Crippen molar-refractivity contribution in [2.45, 2.75) is 32.2 Å². The summed E-state index contributed by atoms with van der Waals surface area (Å²) in [5.41, 5.74) is 7.40. The zero-order valence-electron chi connectivity index (χ0n) is 12.1. The van der Waals surface area contributed by atoms with Crippen molar-refractivity contribution in [3.63, 3.8) is 0 Å². The lowest BCUT2D eigenvalue weighted by atomic mass is 9.92. The highest BCUT2D eigenvalue weighted by atomic mass is 16.5. The molecule has 0 spiro atoms. The Kier molecular flexibility index (Phi) is 5.56. The molecule has 0 saturated carbocycles. The second kappa shape index (κ2) is 7.41. The van der Waals surface area contributed by atoms with E-state index in [1.165, 1.54) is 5.56 Å².